The van der Waals surface area contributed by atoms with Crippen LogP contribution in [0, 0.1) is 29.6 Å². The highest BCUT2D eigenvalue weighted by Gasteiger charge is 2.20. The molecule has 1 rings (SSSR count). The van der Waals surface area contributed by atoms with Crippen LogP contribution in [0.25, 0.3) is 0 Å². The molecule has 0 bridgehead atoms. The molecule has 2 heteroatoms. The quantitative estimate of drug-likeness (QED) is 0.542. The molecule has 0 radical (unpaired) electrons. The molecule has 1 aliphatic carbocycles. The molecule has 0 aromatic rings. The van der Waals surface area contributed by atoms with Gasteiger partial charge in [-0.25, -0.2) is 0 Å². The minimum absolute atomic E-state index is 0.0244. The Morgan fingerprint density at radius 3 is 2.56 bits per heavy atom. The second-order valence-corrected chi connectivity index (χ2v) is 4.95. The number of hydrogen-bond acceptors (Lipinski definition) is 2. The number of rotatable bonds is 3. The summed E-state index contributed by atoms with van der Waals surface area (Å²) in [6.07, 6.45) is 4.10. The van der Waals surface area contributed by atoms with Gasteiger partial charge in [0, 0.05) is 12.8 Å². The lowest BCUT2D eigenvalue weighted by Crippen LogP contribution is -2.23. The van der Waals surface area contributed by atoms with E-state index in [1.54, 1.807) is 0 Å². The number of carbonyl (C=O) groups excluding carboxylic acids is 1. The average molecular weight is 222 g/mol. The van der Waals surface area contributed by atoms with Crippen LogP contribution < -0.4 is 0 Å². The summed E-state index contributed by atoms with van der Waals surface area (Å²) in [7, 11) is 0. The average Bonchev–Trinajstić information content (AvgIpc) is 2.22. The molecule has 2 atom stereocenters. The molecular formula is C14H22O2. The van der Waals surface area contributed by atoms with Crippen molar-refractivity contribution in [1.82, 2.24) is 0 Å². The third kappa shape index (κ3) is 4.26. The van der Waals surface area contributed by atoms with Crippen LogP contribution >= 0.6 is 0 Å². The highest BCUT2D eigenvalue weighted by Crippen LogP contribution is 2.24. The molecule has 0 saturated heterocycles. The Balaban J connectivity index is 2.40. The molecule has 0 heterocycles. The zero-order valence-electron chi connectivity index (χ0n) is 10.6. The van der Waals surface area contributed by atoms with Crippen LogP contribution in [0.2, 0.25) is 0 Å². The SMILES string of the molecule is CC(C)C(=O)OCC1CCC#CCCC1C. The highest BCUT2D eigenvalue weighted by molar-refractivity contribution is 5.71. The van der Waals surface area contributed by atoms with Gasteiger partial charge in [-0.05, 0) is 24.7 Å². The van der Waals surface area contributed by atoms with E-state index in [0.29, 0.717) is 18.4 Å². The van der Waals surface area contributed by atoms with Gasteiger partial charge in [0.1, 0.15) is 0 Å². The molecule has 0 aromatic heterocycles. The Kier molecular flexibility index (Phi) is 5.38. The molecule has 2 nitrogen and oxygen atoms in total. The summed E-state index contributed by atoms with van der Waals surface area (Å²) in [6, 6.07) is 0. The van der Waals surface area contributed by atoms with Gasteiger partial charge in [0.05, 0.1) is 12.5 Å². The molecular weight excluding hydrogens is 200 g/mol. The van der Waals surface area contributed by atoms with Gasteiger partial charge in [-0.3, -0.25) is 4.79 Å². The molecule has 2 unspecified atom stereocenters. The highest BCUT2D eigenvalue weighted by atomic mass is 16.5. The van der Waals surface area contributed by atoms with Crippen molar-refractivity contribution in [3.8, 4) is 11.8 Å². The second-order valence-electron chi connectivity index (χ2n) is 4.95. The molecule has 90 valence electrons. The van der Waals surface area contributed by atoms with Gasteiger partial charge in [0.15, 0.2) is 0 Å². The fraction of sp³-hybridized carbons (Fsp3) is 0.786. The third-order valence-corrected chi connectivity index (χ3v) is 3.21. The monoisotopic (exact) mass is 222 g/mol. The summed E-state index contributed by atoms with van der Waals surface area (Å²) in [5.41, 5.74) is 0. The predicted octanol–water partition coefficient (Wildman–Crippen LogP) is 3.02. The molecule has 0 aliphatic heterocycles. The van der Waals surface area contributed by atoms with Gasteiger partial charge < -0.3 is 4.74 Å². The second kappa shape index (κ2) is 6.58. The summed E-state index contributed by atoms with van der Waals surface area (Å²) < 4.78 is 5.32. The minimum atomic E-state index is -0.0830. The van der Waals surface area contributed by atoms with Crippen molar-refractivity contribution in [2.24, 2.45) is 17.8 Å². The smallest absolute Gasteiger partial charge is 0.308 e. The van der Waals surface area contributed by atoms with E-state index in [9.17, 15) is 4.79 Å². The van der Waals surface area contributed by atoms with Crippen molar-refractivity contribution >= 4 is 5.97 Å². The van der Waals surface area contributed by atoms with Crippen LogP contribution in [0.3, 0.4) is 0 Å². The summed E-state index contributed by atoms with van der Waals surface area (Å²) in [4.78, 5) is 11.4. The van der Waals surface area contributed by atoms with Gasteiger partial charge in [0.2, 0.25) is 0 Å². The molecule has 1 aliphatic rings. The van der Waals surface area contributed by atoms with E-state index in [1.165, 1.54) is 0 Å². The van der Waals surface area contributed by atoms with Gasteiger partial charge in [-0.2, -0.15) is 0 Å². The Bertz CT molecular complexity index is 283. The molecule has 0 N–H and O–H groups in total. The van der Waals surface area contributed by atoms with Crippen molar-refractivity contribution in [1.29, 1.82) is 0 Å². The topological polar surface area (TPSA) is 26.3 Å². The maximum atomic E-state index is 11.4. The van der Waals surface area contributed by atoms with Crippen LogP contribution in [0.5, 0.6) is 0 Å². The normalized spacial score (nSPS) is 25.2. The predicted molar refractivity (Wildman–Crippen MR) is 64.7 cm³/mol. The number of hydrogen-bond donors (Lipinski definition) is 0. The lowest BCUT2D eigenvalue weighted by Gasteiger charge is -2.23. The van der Waals surface area contributed by atoms with Crippen LogP contribution in [-0.4, -0.2) is 12.6 Å². The van der Waals surface area contributed by atoms with Gasteiger partial charge in [0.25, 0.3) is 0 Å². The zero-order chi connectivity index (χ0) is 12.0. The largest absolute Gasteiger partial charge is 0.465 e. The molecule has 0 aromatic carbocycles. The first-order valence-electron chi connectivity index (χ1n) is 6.23. The maximum absolute atomic E-state index is 11.4. The molecule has 0 fully saturated rings. The molecule has 0 spiro atoms. The van der Waals surface area contributed by atoms with E-state index >= 15 is 0 Å². The van der Waals surface area contributed by atoms with Crippen LogP contribution in [0.15, 0.2) is 0 Å². The van der Waals surface area contributed by atoms with Gasteiger partial charge in [-0.1, -0.05) is 20.8 Å². The Morgan fingerprint density at radius 2 is 1.94 bits per heavy atom. The summed E-state index contributed by atoms with van der Waals surface area (Å²) >= 11 is 0. The van der Waals surface area contributed by atoms with E-state index in [1.807, 2.05) is 13.8 Å². The zero-order valence-corrected chi connectivity index (χ0v) is 10.6. The van der Waals surface area contributed by atoms with E-state index in [4.69, 9.17) is 4.74 Å². The maximum Gasteiger partial charge on any atom is 0.308 e. The van der Waals surface area contributed by atoms with Gasteiger partial charge in [-0.15, -0.1) is 11.8 Å². The first-order chi connectivity index (χ1) is 7.61. The van der Waals surface area contributed by atoms with Crippen molar-refractivity contribution in [2.45, 2.75) is 46.5 Å². The van der Waals surface area contributed by atoms with E-state index in [0.717, 1.165) is 25.7 Å². The van der Waals surface area contributed by atoms with Gasteiger partial charge >= 0.3 is 5.97 Å². The minimum Gasteiger partial charge on any atom is -0.465 e. The van der Waals surface area contributed by atoms with E-state index in [-0.39, 0.29) is 11.9 Å². The van der Waals surface area contributed by atoms with Crippen molar-refractivity contribution in [3.05, 3.63) is 0 Å². The lowest BCUT2D eigenvalue weighted by molar-refractivity contribution is -0.149. The van der Waals surface area contributed by atoms with Crippen molar-refractivity contribution in [2.75, 3.05) is 6.61 Å². The summed E-state index contributed by atoms with van der Waals surface area (Å²) in [5.74, 6) is 7.30. The number of ether oxygens (including phenoxy) is 1. The summed E-state index contributed by atoms with van der Waals surface area (Å²) in [5, 5.41) is 0. The standard InChI is InChI=1S/C14H22O2/c1-11(2)14(15)16-10-13-9-7-5-4-6-8-12(13)3/h11-13H,6-10H2,1-3H3. The Morgan fingerprint density at radius 1 is 1.31 bits per heavy atom. The summed E-state index contributed by atoms with van der Waals surface area (Å²) in [6.45, 7) is 6.55. The number of esters is 1. The first kappa shape index (κ1) is 13.1. The fourth-order valence-electron chi connectivity index (χ4n) is 1.86. The third-order valence-electron chi connectivity index (χ3n) is 3.21. The Labute approximate surface area is 98.8 Å². The Hall–Kier alpha value is -0.970. The van der Waals surface area contributed by atoms with Crippen LogP contribution in [-0.2, 0) is 9.53 Å². The lowest BCUT2D eigenvalue weighted by atomic mass is 9.86. The molecule has 16 heavy (non-hydrogen) atoms. The van der Waals surface area contributed by atoms with E-state index in [2.05, 4.69) is 18.8 Å². The van der Waals surface area contributed by atoms with E-state index < -0.39 is 0 Å². The van der Waals surface area contributed by atoms with Crippen molar-refractivity contribution in [3.63, 3.8) is 0 Å². The molecule has 0 saturated carbocycles. The van der Waals surface area contributed by atoms with Crippen LogP contribution in [0.1, 0.15) is 46.5 Å². The van der Waals surface area contributed by atoms with Crippen molar-refractivity contribution < 1.29 is 9.53 Å². The fourth-order valence-corrected chi connectivity index (χ4v) is 1.86. The van der Waals surface area contributed by atoms with Crippen LogP contribution in [0.4, 0.5) is 0 Å². The number of carbonyl (C=O) groups is 1. The first-order valence-corrected chi connectivity index (χ1v) is 6.23. The molecule has 0 amide bonds.